The first-order valence-corrected chi connectivity index (χ1v) is 7.51. The maximum Gasteiger partial charge on any atom is 0.257 e. The molecule has 0 bridgehead atoms. The molecule has 8 heteroatoms. The molecule has 0 aliphatic rings. The van der Waals surface area contributed by atoms with Crippen LogP contribution in [-0.2, 0) is 36.5 Å². The Hall–Kier alpha value is -1.67. The molecule has 104 valence electrons. The Morgan fingerprint density at radius 1 is 1.37 bits per heavy atom. The molecule has 0 fully saturated rings. The number of nitrogens with zero attached hydrogens (tertiary/aromatic N) is 4. The van der Waals surface area contributed by atoms with Crippen LogP contribution in [0.2, 0.25) is 0 Å². The summed E-state index contributed by atoms with van der Waals surface area (Å²) in [5.41, 5.74) is 0. The highest BCUT2D eigenvalue weighted by Crippen LogP contribution is 2.10. The van der Waals surface area contributed by atoms with Crippen LogP contribution in [-0.4, -0.2) is 27.5 Å². The predicted molar refractivity (Wildman–Crippen MR) is 69.9 cm³/mol. The number of hydrogen-bond acceptors (Lipinski definition) is 4. The first-order chi connectivity index (χ1) is 8.91. The smallest absolute Gasteiger partial charge is 0.257 e. The summed E-state index contributed by atoms with van der Waals surface area (Å²) in [6.07, 6.45) is 6.45. The van der Waals surface area contributed by atoms with Gasteiger partial charge in [0.2, 0.25) is 0 Å². The van der Waals surface area contributed by atoms with E-state index in [2.05, 4.69) is 9.97 Å². The maximum atomic E-state index is 11.3. The fraction of sp³-hybridized carbons (Fsp3) is 0.455. The number of primary sulfonamides is 1. The molecule has 0 saturated carbocycles. The second-order valence-electron chi connectivity index (χ2n) is 4.29. The molecule has 2 aromatic rings. The highest BCUT2D eigenvalue weighted by molar-refractivity contribution is 7.89. The van der Waals surface area contributed by atoms with Crippen LogP contribution in [0.4, 0.5) is 0 Å². The Balaban J connectivity index is 2.20. The van der Waals surface area contributed by atoms with Crippen molar-refractivity contribution < 1.29 is 8.42 Å². The summed E-state index contributed by atoms with van der Waals surface area (Å²) in [6, 6.07) is 0. The van der Waals surface area contributed by atoms with E-state index >= 15 is 0 Å². The van der Waals surface area contributed by atoms with Gasteiger partial charge in [0.15, 0.2) is 5.03 Å². The zero-order chi connectivity index (χ0) is 14.0. The maximum absolute atomic E-state index is 11.3. The molecule has 2 aromatic heterocycles. The minimum absolute atomic E-state index is 0.0795. The van der Waals surface area contributed by atoms with Crippen molar-refractivity contribution in [1.29, 1.82) is 0 Å². The Kier molecular flexibility index (Phi) is 3.72. The van der Waals surface area contributed by atoms with Crippen LogP contribution < -0.4 is 5.14 Å². The van der Waals surface area contributed by atoms with Crippen LogP contribution in [0, 0.1) is 0 Å². The van der Waals surface area contributed by atoms with E-state index in [4.69, 9.17) is 5.14 Å². The van der Waals surface area contributed by atoms with Gasteiger partial charge in [0.1, 0.15) is 11.6 Å². The normalized spacial score (nSPS) is 11.9. The van der Waals surface area contributed by atoms with Crippen molar-refractivity contribution in [3.8, 4) is 0 Å². The summed E-state index contributed by atoms with van der Waals surface area (Å²) in [6.45, 7) is 2.54. The van der Waals surface area contributed by atoms with E-state index in [1.807, 2.05) is 29.3 Å². The summed E-state index contributed by atoms with van der Waals surface area (Å²) >= 11 is 0. The van der Waals surface area contributed by atoms with Gasteiger partial charge in [0.25, 0.3) is 10.0 Å². The zero-order valence-corrected chi connectivity index (χ0v) is 11.8. The monoisotopic (exact) mass is 283 g/mol. The lowest BCUT2D eigenvalue weighted by Gasteiger charge is -2.06. The third-order valence-corrected chi connectivity index (χ3v) is 3.72. The van der Waals surface area contributed by atoms with E-state index in [1.165, 1.54) is 6.20 Å². The third kappa shape index (κ3) is 3.02. The third-order valence-electron chi connectivity index (χ3n) is 2.94. The summed E-state index contributed by atoms with van der Waals surface area (Å²) in [5, 5.41) is 5.01. The van der Waals surface area contributed by atoms with Crippen molar-refractivity contribution >= 4 is 10.0 Å². The number of aryl methyl sites for hydroxylation is 4. The summed E-state index contributed by atoms with van der Waals surface area (Å²) in [7, 11) is -1.82. The first kappa shape index (κ1) is 13.8. The highest BCUT2D eigenvalue weighted by atomic mass is 32.2. The topological polar surface area (TPSA) is 95.8 Å². The van der Waals surface area contributed by atoms with Gasteiger partial charge in [-0.2, -0.15) is 0 Å². The summed E-state index contributed by atoms with van der Waals surface area (Å²) in [4.78, 5) is 8.27. The van der Waals surface area contributed by atoms with E-state index < -0.39 is 10.0 Å². The molecule has 2 rings (SSSR count). The number of hydrogen-bond donors (Lipinski definition) is 1. The molecular weight excluding hydrogens is 266 g/mol. The molecular formula is C11H17N5O2S. The van der Waals surface area contributed by atoms with Crippen molar-refractivity contribution in [2.24, 2.45) is 12.2 Å². The molecule has 0 atom stereocenters. The van der Waals surface area contributed by atoms with Crippen LogP contribution in [0.5, 0.6) is 0 Å². The van der Waals surface area contributed by atoms with Gasteiger partial charge in [-0.1, -0.05) is 6.92 Å². The Morgan fingerprint density at radius 3 is 2.63 bits per heavy atom. The van der Waals surface area contributed by atoms with Crippen molar-refractivity contribution in [1.82, 2.24) is 19.1 Å². The minimum atomic E-state index is -3.75. The molecule has 0 aliphatic heterocycles. The van der Waals surface area contributed by atoms with E-state index in [1.54, 1.807) is 6.20 Å². The molecule has 0 saturated heterocycles. The van der Waals surface area contributed by atoms with Crippen LogP contribution in [0.25, 0.3) is 0 Å². The van der Waals surface area contributed by atoms with Gasteiger partial charge >= 0.3 is 0 Å². The SMILES string of the molecule is CCc1nc(S(N)(=O)=O)cn1CCc1nccn1C. The lowest BCUT2D eigenvalue weighted by atomic mass is 10.3. The second-order valence-corrected chi connectivity index (χ2v) is 5.80. The zero-order valence-electron chi connectivity index (χ0n) is 10.9. The van der Waals surface area contributed by atoms with Crippen molar-refractivity contribution in [3.05, 3.63) is 30.2 Å². The quantitative estimate of drug-likeness (QED) is 0.839. The number of aromatic nitrogens is 4. The van der Waals surface area contributed by atoms with E-state index in [0.29, 0.717) is 25.2 Å². The average molecular weight is 283 g/mol. The molecule has 0 radical (unpaired) electrons. The van der Waals surface area contributed by atoms with E-state index in [0.717, 1.165) is 5.82 Å². The van der Waals surface area contributed by atoms with Crippen LogP contribution in [0.1, 0.15) is 18.6 Å². The molecule has 2 heterocycles. The van der Waals surface area contributed by atoms with Gasteiger partial charge in [-0.25, -0.2) is 23.5 Å². The standard InChI is InChI=1S/C11H17N5O2S/c1-3-9-14-11(19(12,17)18)8-16(9)6-4-10-13-5-7-15(10)2/h5,7-8H,3-4,6H2,1-2H3,(H2,12,17,18). The number of sulfonamides is 1. The largest absolute Gasteiger partial charge is 0.338 e. The van der Waals surface area contributed by atoms with Gasteiger partial charge in [0, 0.05) is 45.0 Å². The number of imidazole rings is 2. The molecule has 0 amide bonds. The van der Waals surface area contributed by atoms with Gasteiger partial charge in [-0.05, 0) is 0 Å². The second kappa shape index (κ2) is 5.14. The fourth-order valence-corrected chi connectivity index (χ4v) is 2.41. The van der Waals surface area contributed by atoms with E-state index in [-0.39, 0.29) is 5.03 Å². The van der Waals surface area contributed by atoms with E-state index in [9.17, 15) is 8.42 Å². The lowest BCUT2D eigenvalue weighted by molar-refractivity contribution is 0.594. The molecule has 2 N–H and O–H groups in total. The number of rotatable bonds is 5. The Morgan fingerprint density at radius 2 is 2.11 bits per heavy atom. The molecule has 0 aliphatic carbocycles. The lowest BCUT2D eigenvalue weighted by Crippen LogP contribution is -2.12. The highest BCUT2D eigenvalue weighted by Gasteiger charge is 2.15. The van der Waals surface area contributed by atoms with Gasteiger partial charge in [0.05, 0.1) is 0 Å². The van der Waals surface area contributed by atoms with Crippen LogP contribution in [0.15, 0.2) is 23.6 Å². The average Bonchev–Trinajstić information content (AvgIpc) is 2.91. The fourth-order valence-electron chi connectivity index (χ4n) is 1.90. The Labute approximate surface area is 112 Å². The molecule has 0 spiro atoms. The van der Waals surface area contributed by atoms with Crippen molar-refractivity contribution in [2.45, 2.75) is 31.3 Å². The van der Waals surface area contributed by atoms with Gasteiger partial charge in [-0.3, -0.25) is 0 Å². The first-order valence-electron chi connectivity index (χ1n) is 5.97. The van der Waals surface area contributed by atoms with Crippen LogP contribution in [0.3, 0.4) is 0 Å². The van der Waals surface area contributed by atoms with Gasteiger partial charge in [-0.15, -0.1) is 0 Å². The van der Waals surface area contributed by atoms with Crippen molar-refractivity contribution in [3.63, 3.8) is 0 Å². The Bertz CT molecular complexity index is 671. The van der Waals surface area contributed by atoms with Crippen LogP contribution >= 0.6 is 0 Å². The minimum Gasteiger partial charge on any atom is -0.338 e. The number of nitrogens with two attached hydrogens (primary N) is 1. The predicted octanol–water partition coefficient (Wildman–Crippen LogP) is 0.0691. The molecule has 0 aromatic carbocycles. The molecule has 7 nitrogen and oxygen atoms in total. The summed E-state index contributed by atoms with van der Waals surface area (Å²) < 4.78 is 26.3. The van der Waals surface area contributed by atoms with Crippen molar-refractivity contribution in [2.75, 3.05) is 0 Å². The molecule has 19 heavy (non-hydrogen) atoms. The van der Waals surface area contributed by atoms with Gasteiger partial charge < -0.3 is 9.13 Å². The summed E-state index contributed by atoms with van der Waals surface area (Å²) in [5.74, 6) is 1.64. The molecule has 0 unspecified atom stereocenters.